The standard InChI is InChI=1S/C26H28N4O3/c1-3-27-25(32)19-10-8-12-21(16-19)28-18-24(31)29-22-13-9-11-20(17-22)26(33)30(4-2)23-14-6-5-7-15-23/h5-17,28H,3-4,18H2,1-2H3,(H,27,32)(H,29,31). The molecular formula is C26H28N4O3. The van der Waals surface area contributed by atoms with Gasteiger partial charge in [-0.2, -0.15) is 0 Å². The number of nitrogens with zero attached hydrogens (tertiary/aromatic N) is 1. The predicted molar refractivity (Wildman–Crippen MR) is 132 cm³/mol. The van der Waals surface area contributed by atoms with Crippen LogP contribution in [-0.2, 0) is 4.79 Å². The SMILES string of the molecule is CCNC(=O)c1cccc(NCC(=O)Nc2cccc(C(=O)N(CC)c3ccccc3)c2)c1. The zero-order chi connectivity index (χ0) is 23.6. The molecule has 0 saturated heterocycles. The van der Waals surface area contributed by atoms with Crippen LogP contribution in [0.25, 0.3) is 0 Å². The van der Waals surface area contributed by atoms with E-state index in [-0.39, 0.29) is 24.3 Å². The minimum atomic E-state index is -0.265. The predicted octanol–water partition coefficient (Wildman–Crippen LogP) is 4.15. The molecule has 0 unspecified atom stereocenters. The van der Waals surface area contributed by atoms with E-state index in [1.165, 1.54) is 0 Å². The summed E-state index contributed by atoms with van der Waals surface area (Å²) in [6, 6.07) is 23.3. The van der Waals surface area contributed by atoms with Crippen molar-refractivity contribution >= 4 is 34.8 Å². The van der Waals surface area contributed by atoms with Gasteiger partial charge in [0.2, 0.25) is 5.91 Å². The summed E-state index contributed by atoms with van der Waals surface area (Å²) in [5.41, 5.74) is 3.03. The van der Waals surface area contributed by atoms with Crippen molar-refractivity contribution in [3.05, 3.63) is 90.0 Å². The molecule has 0 aliphatic carbocycles. The summed E-state index contributed by atoms with van der Waals surface area (Å²) in [6.07, 6.45) is 0. The van der Waals surface area contributed by atoms with Gasteiger partial charge in [0.25, 0.3) is 11.8 Å². The molecule has 7 heteroatoms. The number of hydrogen-bond donors (Lipinski definition) is 3. The van der Waals surface area contributed by atoms with Gasteiger partial charge in [-0.25, -0.2) is 0 Å². The van der Waals surface area contributed by atoms with Crippen LogP contribution in [0.4, 0.5) is 17.1 Å². The van der Waals surface area contributed by atoms with Crippen LogP contribution in [0.5, 0.6) is 0 Å². The molecule has 3 rings (SSSR count). The zero-order valence-electron chi connectivity index (χ0n) is 18.8. The van der Waals surface area contributed by atoms with Crippen LogP contribution in [0, 0.1) is 0 Å². The summed E-state index contributed by atoms with van der Waals surface area (Å²) >= 11 is 0. The molecule has 0 spiro atoms. The molecule has 0 aliphatic rings. The van der Waals surface area contributed by atoms with E-state index in [0.29, 0.717) is 35.6 Å². The minimum absolute atomic E-state index is 0.0160. The van der Waals surface area contributed by atoms with Crippen molar-refractivity contribution < 1.29 is 14.4 Å². The summed E-state index contributed by atoms with van der Waals surface area (Å²) in [6.45, 7) is 4.86. The Kier molecular flexibility index (Phi) is 8.18. The number of carbonyl (C=O) groups is 3. The van der Waals surface area contributed by atoms with E-state index in [0.717, 1.165) is 5.69 Å². The Labute approximate surface area is 193 Å². The first-order valence-corrected chi connectivity index (χ1v) is 10.9. The fourth-order valence-electron chi connectivity index (χ4n) is 3.36. The molecule has 0 atom stereocenters. The maximum atomic E-state index is 13.0. The Morgan fingerprint density at radius 3 is 2.15 bits per heavy atom. The van der Waals surface area contributed by atoms with E-state index in [9.17, 15) is 14.4 Å². The smallest absolute Gasteiger partial charge is 0.258 e. The van der Waals surface area contributed by atoms with Crippen molar-refractivity contribution in [2.45, 2.75) is 13.8 Å². The molecule has 0 aliphatic heterocycles. The molecule has 0 heterocycles. The van der Waals surface area contributed by atoms with E-state index in [1.54, 1.807) is 53.4 Å². The average molecular weight is 445 g/mol. The van der Waals surface area contributed by atoms with E-state index in [4.69, 9.17) is 0 Å². The Balaban J connectivity index is 1.62. The fraction of sp³-hybridized carbons (Fsp3) is 0.192. The summed E-state index contributed by atoms with van der Waals surface area (Å²) in [5.74, 6) is -0.567. The maximum Gasteiger partial charge on any atom is 0.258 e. The van der Waals surface area contributed by atoms with Gasteiger partial charge in [0.1, 0.15) is 0 Å². The molecule has 3 N–H and O–H groups in total. The first-order valence-electron chi connectivity index (χ1n) is 10.9. The van der Waals surface area contributed by atoms with Gasteiger partial charge in [0, 0.05) is 41.3 Å². The lowest BCUT2D eigenvalue weighted by atomic mass is 10.1. The fourth-order valence-corrected chi connectivity index (χ4v) is 3.36. The second kappa shape index (κ2) is 11.5. The lowest BCUT2D eigenvalue weighted by Crippen LogP contribution is -2.30. The topological polar surface area (TPSA) is 90.5 Å². The highest BCUT2D eigenvalue weighted by Crippen LogP contribution is 2.19. The molecule has 3 aromatic rings. The third kappa shape index (κ3) is 6.43. The molecule has 33 heavy (non-hydrogen) atoms. The largest absolute Gasteiger partial charge is 0.376 e. The highest BCUT2D eigenvalue weighted by atomic mass is 16.2. The van der Waals surface area contributed by atoms with E-state index >= 15 is 0 Å². The van der Waals surface area contributed by atoms with Gasteiger partial charge < -0.3 is 20.9 Å². The zero-order valence-corrected chi connectivity index (χ0v) is 18.8. The third-order valence-electron chi connectivity index (χ3n) is 4.94. The van der Waals surface area contributed by atoms with Crippen LogP contribution in [0.15, 0.2) is 78.9 Å². The molecule has 0 radical (unpaired) electrons. The summed E-state index contributed by atoms with van der Waals surface area (Å²) in [5, 5.41) is 8.58. The second-order valence-electron chi connectivity index (χ2n) is 7.31. The van der Waals surface area contributed by atoms with E-state index in [1.807, 2.05) is 44.2 Å². The minimum Gasteiger partial charge on any atom is -0.376 e. The summed E-state index contributed by atoms with van der Waals surface area (Å²) < 4.78 is 0. The van der Waals surface area contributed by atoms with Crippen LogP contribution >= 0.6 is 0 Å². The monoisotopic (exact) mass is 444 g/mol. The number of benzene rings is 3. The molecule has 0 bridgehead atoms. The third-order valence-corrected chi connectivity index (χ3v) is 4.94. The van der Waals surface area contributed by atoms with Crippen LogP contribution in [-0.4, -0.2) is 37.4 Å². The van der Waals surface area contributed by atoms with Crippen molar-refractivity contribution in [2.75, 3.05) is 35.2 Å². The Hall–Kier alpha value is -4.13. The first-order chi connectivity index (χ1) is 16.0. The molecule has 7 nitrogen and oxygen atoms in total. The number of para-hydroxylation sites is 1. The molecule has 0 aromatic heterocycles. The highest BCUT2D eigenvalue weighted by Gasteiger charge is 2.16. The summed E-state index contributed by atoms with van der Waals surface area (Å²) in [4.78, 5) is 39.1. The van der Waals surface area contributed by atoms with Crippen molar-refractivity contribution in [2.24, 2.45) is 0 Å². The number of anilines is 3. The van der Waals surface area contributed by atoms with Crippen molar-refractivity contribution in [1.29, 1.82) is 0 Å². The van der Waals surface area contributed by atoms with Crippen LogP contribution in [0.3, 0.4) is 0 Å². The molecule has 3 amide bonds. The van der Waals surface area contributed by atoms with Gasteiger partial charge in [-0.05, 0) is 62.4 Å². The van der Waals surface area contributed by atoms with Gasteiger partial charge in [-0.1, -0.05) is 30.3 Å². The summed E-state index contributed by atoms with van der Waals surface area (Å²) in [7, 11) is 0. The second-order valence-corrected chi connectivity index (χ2v) is 7.31. The molecular weight excluding hydrogens is 416 g/mol. The Morgan fingerprint density at radius 1 is 0.788 bits per heavy atom. The lowest BCUT2D eigenvalue weighted by molar-refractivity contribution is -0.114. The van der Waals surface area contributed by atoms with Gasteiger partial charge in [-0.15, -0.1) is 0 Å². The van der Waals surface area contributed by atoms with E-state index in [2.05, 4.69) is 16.0 Å². The molecule has 3 aromatic carbocycles. The number of rotatable bonds is 9. The quantitative estimate of drug-likeness (QED) is 0.462. The normalized spacial score (nSPS) is 10.2. The van der Waals surface area contributed by atoms with Gasteiger partial charge >= 0.3 is 0 Å². The van der Waals surface area contributed by atoms with E-state index < -0.39 is 0 Å². The van der Waals surface area contributed by atoms with Gasteiger partial charge in [0.05, 0.1) is 6.54 Å². The number of carbonyl (C=O) groups excluding carboxylic acids is 3. The molecule has 170 valence electrons. The number of hydrogen-bond acceptors (Lipinski definition) is 4. The van der Waals surface area contributed by atoms with Crippen LogP contribution < -0.4 is 20.9 Å². The first kappa shape index (κ1) is 23.5. The van der Waals surface area contributed by atoms with Crippen LogP contribution in [0.2, 0.25) is 0 Å². The van der Waals surface area contributed by atoms with Crippen molar-refractivity contribution in [3.63, 3.8) is 0 Å². The maximum absolute atomic E-state index is 13.0. The molecule has 0 saturated carbocycles. The Bertz CT molecular complexity index is 1120. The lowest BCUT2D eigenvalue weighted by Gasteiger charge is -2.21. The van der Waals surface area contributed by atoms with Gasteiger partial charge in [-0.3, -0.25) is 14.4 Å². The Morgan fingerprint density at radius 2 is 1.45 bits per heavy atom. The van der Waals surface area contributed by atoms with Crippen molar-refractivity contribution in [3.8, 4) is 0 Å². The van der Waals surface area contributed by atoms with Crippen molar-refractivity contribution in [1.82, 2.24) is 5.32 Å². The highest BCUT2D eigenvalue weighted by molar-refractivity contribution is 6.07. The van der Waals surface area contributed by atoms with Crippen LogP contribution in [0.1, 0.15) is 34.6 Å². The average Bonchev–Trinajstić information content (AvgIpc) is 2.84. The number of amides is 3. The molecule has 0 fully saturated rings. The van der Waals surface area contributed by atoms with Gasteiger partial charge in [0.15, 0.2) is 0 Å². The number of nitrogens with one attached hydrogen (secondary N) is 3.